The van der Waals surface area contributed by atoms with Gasteiger partial charge in [0.25, 0.3) is 0 Å². The summed E-state index contributed by atoms with van der Waals surface area (Å²) in [5.41, 5.74) is 0. The molecule has 1 amide bonds. The lowest BCUT2D eigenvalue weighted by atomic mass is 10.1. The average molecular weight is 559 g/mol. The number of likely N-dealkylation sites (tertiary alicyclic amines) is 1. The van der Waals surface area contributed by atoms with Crippen molar-refractivity contribution in [1.29, 1.82) is 0 Å². The van der Waals surface area contributed by atoms with E-state index in [0.29, 0.717) is 25.1 Å². The van der Waals surface area contributed by atoms with Gasteiger partial charge in [-0.2, -0.15) is 0 Å². The van der Waals surface area contributed by atoms with Crippen molar-refractivity contribution in [1.82, 2.24) is 24.7 Å². The van der Waals surface area contributed by atoms with Gasteiger partial charge in [-0.1, -0.05) is 6.92 Å². The van der Waals surface area contributed by atoms with Crippen LogP contribution >= 0.6 is 24.0 Å². The van der Waals surface area contributed by atoms with E-state index in [0.717, 1.165) is 38.9 Å². The van der Waals surface area contributed by atoms with Gasteiger partial charge in [-0.05, 0) is 45.7 Å². The molecule has 1 atom stereocenters. The van der Waals surface area contributed by atoms with Crippen LogP contribution in [0.2, 0.25) is 0 Å². The molecule has 2 fully saturated rings. The number of nitrogens with zero attached hydrogens (tertiary/aromatic N) is 4. The van der Waals surface area contributed by atoms with E-state index in [2.05, 4.69) is 27.4 Å². The Morgan fingerprint density at radius 2 is 1.80 bits per heavy atom. The first-order valence-corrected chi connectivity index (χ1v) is 12.3. The van der Waals surface area contributed by atoms with Gasteiger partial charge < -0.3 is 15.5 Å². The number of likely N-dealkylation sites (N-methyl/N-ethyl adjacent to an activating group) is 2. The van der Waals surface area contributed by atoms with E-state index in [1.54, 1.807) is 25.3 Å². The number of aliphatic imine (C=N–C) groups is 1. The van der Waals surface area contributed by atoms with Crippen LogP contribution in [0.3, 0.4) is 0 Å². The molecule has 2 N–H and O–H groups in total. The number of piperidine rings is 1. The second-order valence-electron chi connectivity index (χ2n) is 7.98. The number of guanidine groups is 1. The third kappa shape index (κ3) is 8.12. The number of carbonyl (C=O) groups is 1. The van der Waals surface area contributed by atoms with Crippen LogP contribution in [0.15, 0.2) is 4.99 Å². The molecule has 176 valence electrons. The molecule has 0 aromatic heterocycles. The molecule has 11 heteroatoms. The molecule has 0 aliphatic carbocycles. The third-order valence-corrected chi connectivity index (χ3v) is 7.72. The van der Waals surface area contributed by atoms with Crippen LogP contribution in [0, 0.1) is 0 Å². The molecule has 9 nitrogen and oxygen atoms in total. The van der Waals surface area contributed by atoms with Crippen molar-refractivity contribution in [2.24, 2.45) is 4.99 Å². The highest BCUT2D eigenvalue weighted by atomic mass is 127. The molecular formula is C19H39IN6O3S. The van der Waals surface area contributed by atoms with Crippen molar-refractivity contribution in [3.8, 4) is 0 Å². The Morgan fingerprint density at radius 3 is 2.37 bits per heavy atom. The summed E-state index contributed by atoms with van der Waals surface area (Å²) in [6.45, 7) is 7.94. The highest BCUT2D eigenvalue weighted by Crippen LogP contribution is 2.16. The highest BCUT2D eigenvalue weighted by Gasteiger charge is 2.28. The fourth-order valence-corrected chi connectivity index (χ4v) is 4.98. The number of amides is 1. The molecule has 0 spiro atoms. The SMILES string of the molecule is CCN1CCCC1CNC(=NCC(=O)N(C)C)NC1CCN(S(=O)(=O)CC)CC1.I. The first kappa shape index (κ1) is 27.4. The van der Waals surface area contributed by atoms with Crippen molar-refractivity contribution in [3.63, 3.8) is 0 Å². The number of sulfonamides is 1. The molecular weight excluding hydrogens is 519 g/mol. The van der Waals surface area contributed by atoms with Gasteiger partial charge in [0.15, 0.2) is 5.96 Å². The quantitative estimate of drug-likeness (QED) is 0.256. The predicted molar refractivity (Wildman–Crippen MR) is 132 cm³/mol. The van der Waals surface area contributed by atoms with Crippen LogP contribution in [-0.4, -0.2) is 106 Å². The fourth-order valence-electron chi connectivity index (χ4n) is 3.85. The van der Waals surface area contributed by atoms with Gasteiger partial charge in [-0.15, -0.1) is 24.0 Å². The van der Waals surface area contributed by atoms with Crippen molar-refractivity contribution >= 4 is 45.9 Å². The minimum absolute atomic E-state index is 0. The highest BCUT2D eigenvalue weighted by molar-refractivity contribution is 14.0. The second-order valence-corrected chi connectivity index (χ2v) is 10.2. The van der Waals surface area contributed by atoms with Crippen LogP contribution in [-0.2, 0) is 14.8 Å². The van der Waals surface area contributed by atoms with Crippen molar-refractivity contribution in [2.75, 3.05) is 59.1 Å². The van der Waals surface area contributed by atoms with Crippen LogP contribution in [0.25, 0.3) is 0 Å². The van der Waals surface area contributed by atoms with Gasteiger partial charge >= 0.3 is 0 Å². The van der Waals surface area contributed by atoms with Crippen molar-refractivity contribution in [3.05, 3.63) is 0 Å². The summed E-state index contributed by atoms with van der Waals surface area (Å²) >= 11 is 0. The first-order chi connectivity index (χ1) is 13.8. The largest absolute Gasteiger partial charge is 0.355 e. The Kier molecular flexibility index (Phi) is 11.9. The summed E-state index contributed by atoms with van der Waals surface area (Å²) in [6.07, 6.45) is 3.83. The summed E-state index contributed by atoms with van der Waals surface area (Å²) < 4.78 is 25.7. The van der Waals surface area contributed by atoms with Gasteiger partial charge in [0, 0.05) is 45.8 Å². The van der Waals surface area contributed by atoms with E-state index in [9.17, 15) is 13.2 Å². The summed E-state index contributed by atoms with van der Waals surface area (Å²) in [5, 5.41) is 6.84. The van der Waals surface area contributed by atoms with Gasteiger partial charge in [0.05, 0.1) is 5.75 Å². The van der Waals surface area contributed by atoms with Crippen LogP contribution < -0.4 is 10.6 Å². The fraction of sp³-hybridized carbons (Fsp3) is 0.895. The van der Waals surface area contributed by atoms with E-state index >= 15 is 0 Å². The minimum Gasteiger partial charge on any atom is -0.355 e. The summed E-state index contributed by atoms with van der Waals surface area (Å²) in [5.74, 6) is 0.729. The summed E-state index contributed by atoms with van der Waals surface area (Å²) in [7, 11) is 0.314. The molecule has 0 saturated carbocycles. The Hall–Kier alpha value is -0.660. The molecule has 2 aliphatic rings. The zero-order chi connectivity index (χ0) is 21.4. The molecule has 2 saturated heterocycles. The normalized spacial score (nSPS) is 21.9. The molecule has 0 aromatic carbocycles. The number of hydrogen-bond donors (Lipinski definition) is 2. The number of halogens is 1. The van der Waals surface area contributed by atoms with E-state index < -0.39 is 10.0 Å². The molecule has 0 aromatic rings. The smallest absolute Gasteiger partial charge is 0.243 e. The van der Waals surface area contributed by atoms with Crippen molar-refractivity contribution in [2.45, 2.75) is 51.6 Å². The molecule has 2 rings (SSSR count). The number of carbonyl (C=O) groups excluding carboxylic acids is 1. The van der Waals surface area contributed by atoms with Gasteiger partial charge in [-0.3, -0.25) is 9.69 Å². The van der Waals surface area contributed by atoms with E-state index in [1.807, 2.05) is 0 Å². The van der Waals surface area contributed by atoms with E-state index in [-0.39, 0.29) is 48.2 Å². The van der Waals surface area contributed by atoms with Crippen LogP contribution in [0.4, 0.5) is 0 Å². The summed E-state index contributed by atoms with van der Waals surface area (Å²) in [6, 6.07) is 0.623. The second kappa shape index (κ2) is 13.0. The zero-order valence-corrected chi connectivity index (χ0v) is 21.9. The average Bonchev–Trinajstić information content (AvgIpc) is 3.17. The van der Waals surface area contributed by atoms with E-state index in [1.165, 1.54) is 11.3 Å². The maximum atomic E-state index is 12.1. The molecule has 2 aliphatic heterocycles. The van der Waals surface area contributed by atoms with Crippen LogP contribution in [0.5, 0.6) is 0 Å². The summed E-state index contributed by atoms with van der Waals surface area (Å²) in [4.78, 5) is 20.4. The monoisotopic (exact) mass is 558 g/mol. The first-order valence-electron chi connectivity index (χ1n) is 10.7. The number of hydrogen-bond acceptors (Lipinski definition) is 5. The molecule has 2 heterocycles. The lowest BCUT2D eigenvalue weighted by Gasteiger charge is -2.32. The number of nitrogens with one attached hydrogen (secondary N) is 2. The Bertz CT molecular complexity index is 665. The Morgan fingerprint density at radius 1 is 1.13 bits per heavy atom. The standard InChI is InChI=1S/C19H38N6O3S.HI/c1-5-24-11-7-8-17(24)14-20-19(21-15-18(26)23(3)4)22-16-9-12-25(13-10-16)29(27,28)6-2;/h16-17H,5-15H2,1-4H3,(H2,20,21,22);1H. The molecule has 30 heavy (non-hydrogen) atoms. The van der Waals surface area contributed by atoms with Gasteiger partial charge in [0.1, 0.15) is 6.54 Å². The molecule has 0 radical (unpaired) electrons. The molecule has 1 unspecified atom stereocenters. The minimum atomic E-state index is -3.13. The maximum Gasteiger partial charge on any atom is 0.243 e. The topological polar surface area (TPSA) is 97.3 Å². The number of rotatable bonds is 8. The van der Waals surface area contributed by atoms with Crippen LogP contribution in [0.1, 0.15) is 39.5 Å². The zero-order valence-electron chi connectivity index (χ0n) is 18.8. The lowest BCUT2D eigenvalue weighted by molar-refractivity contribution is -0.127. The van der Waals surface area contributed by atoms with Gasteiger partial charge in [0.2, 0.25) is 15.9 Å². The van der Waals surface area contributed by atoms with E-state index in [4.69, 9.17) is 0 Å². The predicted octanol–water partition coefficient (Wildman–Crippen LogP) is 0.526. The Balaban J connectivity index is 0.00000450. The lowest BCUT2D eigenvalue weighted by Crippen LogP contribution is -2.52. The maximum absolute atomic E-state index is 12.1. The van der Waals surface area contributed by atoms with Gasteiger partial charge in [-0.25, -0.2) is 17.7 Å². The Labute approximate surface area is 199 Å². The third-order valence-electron chi connectivity index (χ3n) is 5.83. The van der Waals surface area contributed by atoms with Crippen molar-refractivity contribution < 1.29 is 13.2 Å². The molecule has 0 bridgehead atoms.